The van der Waals surface area contributed by atoms with E-state index >= 15 is 0 Å². The van der Waals surface area contributed by atoms with Gasteiger partial charge in [0.2, 0.25) is 0 Å². The van der Waals surface area contributed by atoms with Gasteiger partial charge in [0.05, 0.1) is 0 Å². The lowest BCUT2D eigenvalue weighted by atomic mass is 9.80. The van der Waals surface area contributed by atoms with E-state index in [-0.39, 0.29) is 24.0 Å². The van der Waals surface area contributed by atoms with E-state index in [1.54, 1.807) is 0 Å². The molecular formula is C16H33IN4S. The molecule has 1 saturated carbocycles. The fourth-order valence-corrected chi connectivity index (χ4v) is 4.47. The lowest BCUT2D eigenvalue weighted by Crippen LogP contribution is -2.60. The van der Waals surface area contributed by atoms with E-state index in [2.05, 4.69) is 46.1 Å². The first-order chi connectivity index (χ1) is 10.2. The third kappa shape index (κ3) is 5.74. The third-order valence-corrected chi connectivity index (χ3v) is 5.64. The predicted molar refractivity (Wildman–Crippen MR) is 110 cm³/mol. The Hall–Kier alpha value is 0.310. The van der Waals surface area contributed by atoms with Gasteiger partial charge in [0.1, 0.15) is 0 Å². The lowest BCUT2D eigenvalue weighted by Gasteiger charge is -2.48. The second-order valence-electron chi connectivity index (χ2n) is 6.61. The van der Waals surface area contributed by atoms with Gasteiger partial charge in [-0.25, -0.2) is 0 Å². The zero-order valence-electron chi connectivity index (χ0n) is 14.4. The zero-order chi connectivity index (χ0) is 15.1. The molecule has 2 aliphatic rings. The van der Waals surface area contributed by atoms with Crippen molar-refractivity contribution in [1.29, 1.82) is 0 Å². The molecule has 0 radical (unpaired) electrons. The van der Waals surface area contributed by atoms with Gasteiger partial charge in [0.15, 0.2) is 5.96 Å². The normalized spacial score (nSPS) is 23.0. The van der Waals surface area contributed by atoms with E-state index in [0.29, 0.717) is 11.6 Å². The van der Waals surface area contributed by atoms with Crippen molar-refractivity contribution in [2.75, 3.05) is 38.2 Å². The molecule has 6 heteroatoms. The summed E-state index contributed by atoms with van der Waals surface area (Å²) >= 11 is 2.10. The minimum atomic E-state index is 0. The van der Waals surface area contributed by atoms with Gasteiger partial charge in [-0.05, 0) is 26.7 Å². The Morgan fingerprint density at radius 2 is 1.82 bits per heavy atom. The quantitative estimate of drug-likeness (QED) is 0.401. The fourth-order valence-electron chi connectivity index (χ4n) is 3.57. The number of thioether (sulfide) groups is 1. The average Bonchev–Trinajstić information content (AvgIpc) is 2.53. The summed E-state index contributed by atoms with van der Waals surface area (Å²) < 4.78 is 0. The van der Waals surface area contributed by atoms with Crippen molar-refractivity contribution in [3.8, 4) is 0 Å². The highest BCUT2D eigenvalue weighted by Crippen LogP contribution is 2.34. The molecule has 1 aliphatic heterocycles. The first-order valence-electron chi connectivity index (χ1n) is 8.46. The molecule has 130 valence electrons. The van der Waals surface area contributed by atoms with E-state index in [4.69, 9.17) is 0 Å². The highest BCUT2D eigenvalue weighted by molar-refractivity contribution is 14.0. The Morgan fingerprint density at radius 3 is 2.36 bits per heavy atom. The second-order valence-corrected chi connectivity index (χ2v) is 7.83. The Morgan fingerprint density at radius 1 is 1.18 bits per heavy atom. The van der Waals surface area contributed by atoms with Crippen LogP contribution < -0.4 is 10.6 Å². The molecule has 2 rings (SSSR count). The number of nitrogens with one attached hydrogen (secondary N) is 2. The van der Waals surface area contributed by atoms with Crippen molar-refractivity contribution in [2.24, 2.45) is 4.99 Å². The summed E-state index contributed by atoms with van der Waals surface area (Å²) in [6.07, 6.45) is 6.83. The number of aliphatic imine (C=N–C) groups is 1. The van der Waals surface area contributed by atoms with Gasteiger partial charge in [-0.2, -0.15) is 11.8 Å². The molecule has 0 spiro atoms. The van der Waals surface area contributed by atoms with Crippen molar-refractivity contribution >= 4 is 41.7 Å². The van der Waals surface area contributed by atoms with Crippen molar-refractivity contribution < 1.29 is 0 Å². The minimum Gasteiger partial charge on any atom is -0.355 e. The molecule has 0 atom stereocenters. The van der Waals surface area contributed by atoms with Crippen LogP contribution in [-0.2, 0) is 0 Å². The summed E-state index contributed by atoms with van der Waals surface area (Å²) in [7, 11) is 1.86. The van der Waals surface area contributed by atoms with Crippen LogP contribution in [0.25, 0.3) is 0 Å². The largest absolute Gasteiger partial charge is 0.355 e. The van der Waals surface area contributed by atoms with Crippen LogP contribution >= 0.6 is 35.7 Å². The van der Waals surface area contributed by atoms with Gasteiger partial charge in [-0.3, -0.25) is 9.89 Å². The summed E-state index contributed by atoms with van der Waals surface area (Å²) in [5, 5.41) is 7.00. The Bertz CT molecular complexity index is 337. The summed E-state index contributed by atoms with van der Waals surface area (Å²) in [6, 6.07) is 0.421. The maximum Gasteiger partial charge on any atom is 0.191 e. The highest BCUT2D eigenvalue weighted by Gasteiger charge is 2.38. The monoisotopic (exact) mass is 440 g/mol. The summed E-state index contributed by atoms with van der Waals surface area (Å²) in [6.45, 7) is 7.85. The second kappa shape index (κ2) is 10.2. The highest BCUT2D eigenvalue weighted by atomic mass is 127. The summed E-state index contributed by atoms with van der Waals surface area (Å²) in [5.74, 6) is 3.53. The van der Waals surface area contributed by atoms with Crippen molar-refractivity contribution in [3.63, 3.8) is 0 Å². The number of guanidine groups is 1. The topological polar surface area (TPSA) is 39.7 Å². The number of hydrogen-bond donors (Lipinski definition) is 2. The molecule has 4 nitrogen and oxygen atoms in total. The minimum absolute atomic E-state index is 0. The maximum atomic E-state index is 4.36. The van der Waals surface area contributed by atoms with E-state index in [0.717, 1.165) is 12.5 Å². The van der Waals surface area contributed by atoms with Crippen LogP contribution in [0.1, 0.15) is 46.0 Å². The fraction of sp³-hybridized carbons (Fsp3) is 0.938. The first kappa shape index (κ1) is 20.4. The summed E-state index contributed by atoms with van der Waals surface area (Å²) in [4.78, 5) is 7.12. The van der Waals surface area contributed by atoms with Crippen LogP contribution in [0.3, 0.4) is 0 Å². The predicted octanol–water partition coefficient (Wildman–Crippen LogP) is 2.93. The SMILES string of the molecule is CN=C(NCC1(N2CCSCC2)CCCCC1)NC(C)C.I. The Labute approximate surface area is 157 Å². The van der Waals surface area contributed by atoms with Crippen LogP contribution in [-0.4, -0.2) is 60.6 Å². The van der Waals surface area contributed by atoms with Crippen molar-refractivity contribution in [3.05, 3.63) is 0 Å². The van der Waals surface area contributed by atoms with Gasteiger partial charge in [-0.1, -0.05) is 19.3 Å². The maximum absolute atomic E-state index is 4.36. The van der Waals surface area contributed by atoms with Crippen LogP contribution in [0, 0.1) is 0 Å². The molecule has 22 heavy (non-hydrogen) atoms. The molecule has 1 heterocycles. The van der Waals surface area contributed by atoms with Crippen LogP contribution in [0.5, 0.6) is 0 Å². The van der Waals surface area contributed by atoms with Crippen molar-refractivity contribution in [2.45, 2.75) is 57.5 Å². The van der Waals surface area contributed by atoms with E-state index in [1.165, 1.54) is 56.7 Å². The number of nitrogens with zero attached hydrogens (tertiary/aromatic N) is 2. The molecule has 0 aromatic rings. The molecule has 0 bridgehead atoms. The molecule has 2 N–H and O–H groups in total. The van der Waals surface area contributed by atoms with Gasteiger partial charge in [0, 0.05) is 49.8 Å². The average molecular weight is 440 g/mol. The van der Waals surface area contributed by atoms with E-state index in [9.17, 15) is 0 Å². The van der Waals surface area contributed by atoms with Gasteiger partial charge < -0.3 is 10.6 Å². The van der Waals surface area contributed by atoms with Crippen LogP contribution in [0.4, 0.5) is 0 Å². The van der Waals surface area contributed by atoms with E-state index in [1.807, 2.05) is 7.05 Å². The molecule has 2 fully saturated rings. The van der Waals surface area contributed by atoms with Crippen LogP contribution in [0.2, 0.25) is 0 Å². The van der Waals surface area contributed by atoms with Gasteiger partial charge in [-0.15, -0.1) is 24.0 Å². The molecule has 0 amide bonds. The molecule has 1 aliphatic carbocycles. The third-order valence-electron chi connectivity index (χ3n) is 4.70. The molecular weight excluding hydrogens is 407 g/mol. The molecule has 1 saturated heterocycles. The van der Waals surface area contributed by atoms with Gasteiger partial charge >= 0.3 is 0 Å². The molecule has 0 unspecified atom stereocenters. The summed E-state index contributed by atoms with van der Waals surface area (Å²) in [5.41, 5.74) is 0.355. The van der Waals surface area contributed by atoms with Gasteiger partial charge in [0.25, 0.3) is 0 Å². The van der Waals surface area contributed by atoms with E-state index < -0.39 is 0 Å². The number of halogens is 1. The Balaban J connectivity index is 0.00000242. The van der Waals surface area contributed by atoms with Crippen LogP contribution in [0.15, 0.2) is 4.99 Å². The molecule has 0 aromatic heterocycles. The van der Waals surface area contributed by atoms with Crippen molar-refractivity contribution in [1.82, 2.24) is 15.5 Å². The standard InChI is InChI=1S/C16H32N4S.HI/c1-14(2)19-15(17-3)18-13-16(7-5-4-6-8-16)20-9-11-21-12-10-20;/h14H,4-13H2,1-3H3,(H2,17,18,19);1H. The zero-order valence-corrected chi connectivity index (χ0v) is 17.5. The molecule has 0 aromatic carbocycles. The lowest BCUT2D eigenvalue weighted by molar-refractivity contribution is 0.0625. The first-order valence-corrected chi connectivity index (χ1v) is 9.62. The smallest absolute Gasteiger partial charge is 0.191 e. The Kier molecular flexibility index (Phi) is 9.47. The number of hydrogen-bond acceptors (Lipinski definition) is 3. The number of rotatable bonds is 4.